The number of aromatic nitrogens is 2. The molecule has 4 nitrogen and oxygen atoms in total. The summed E-state index contributed by atoms with van der Waals surface area (Å²) in [5.74, 6) is 0.0622. The molecule has 0 spiro atoms. The predicted molar refractivity (Wildman–Crippen MR) is 96.8 cm³/mol. The summed E-state index contributed by atoms with van der Waals surface area (Å²) in [6.07, 6.45) is 1.99. The lowest BCUT2D eigenvalue weighted by atomic mass is 10.2. The zero-order valence-electron chi connectivity index (χ0n) is 13.6. The lowest BCUT2D eigenvalue weighted by Gasteiger charge is -2.22. The summed E-state index contributed by atoms with van der Waals surface area (Å²) >= 11 is 1.39. The minimum Gasteiger partial charge on any atom is -0.335 e. The highest BCUT2D eigenvalue weighted by Gasteiger charge is 2.32. The van der Waals surface area contributed by atoms with E-state index in [0.717, 1.165) is 29.0 Å². The summed E-state index contributed by atoms with van der Waals surface area (Å²) in [6.45, 7) is 0.330. The SMILES string of the molecule is O=C(CSc1nc2ccccc2[nH]1)N(Cc1ccccc1F)C1CC1. The number of nitrogens with zero attached hydrogens (tertiary/aromatic N) is 2. The van der Waals surface area contributed by atoms with E-state index >= 15 is 0 Å². The van der Waals surface area contributed by atoms with E-state index in [-0.39, 0.29) is 17.8 Å². The van der Waals surface area contributed by atoms with E-state index in [9.17, 15) is 9.18 Å². The smallest absolute Gasteiger partial charge is 0.233 e. The molecule has 0 saturated heterocycles. The van der Waals surface area contributed by atoms with Gasteiger partial charge in [-0.25, -0.2) is 9.37 Å². The zero-order chi connectivity index (χ0) is 17.2. The van der Waals surface area contributed by atoms with Gasteiger partial charge in [-0.2, -0.15) is 0 Å². The Hall–Kier alpha value is -2.34. The molecule has 1 N–H and O–H groups in total. The molecule has 1 aromatic heterocycles. The summed E-state index contributed by atoms with van der Waals surface area (Å²) in [6, 6.07) is 14.7. The van der Waals surface area contributed by atoms with Crippen molar-refractivity contribution >= 4 is 28.7 Å². The Morgan fingerprint density at radius 3 is 2.72 bits per heavy atom. The van der Waals surface area contributed by atoms with E-state index in [2.05, 4.69) is 9.97 Å². The maximum Gasteiger partial charge on any atom is 0.233 e. The summed E-state index contributed by atoms with van der Waals surface area (Å²) in [7, 11) is 0. The highest BCUT2D eigenvalue weighted by molar-refractivity contribution is 7.99. The Kier molecular flexibility index (Phi) is 4.44. The van der Waals surface area contributed by atoms with E-state index < -0.39 is 0 Å². The molecule has 0 aliphatic heterocycles. The van der Waals surface area contributed by atoms with Crippen LogP contribution in [0, 0.1) is 5.82 Å². The standard InChI is InChI=1S/C19H18FN3OS/c20-15-6-2-1-5-13(15)11-23(14-9-10-14)18(24)12-25-19-21-16-7-3-4-8-17(16)22-19/h1-8,14H,9-12H2,(H,21,22). The number of hydrogen-bond acceptors (Lipinski definition) is 3. The van der Waals surface area contributed by atoms with E-state index in [1.165, 1.54) is 17.8 Å². The molecule has 1 heterocycles. The average molecular weight is 355 g/mol. The number of thioether (sulfide) groups is 1. The van der Waals surface area contributed by atoms with Crippen molar-refractivity contribution in [1.82, 2.24) is 14.9 Å². The van der Waals surface area contributed by atoms with Gasteiger partial charge in [-0.05, 0) is 31.0 Å². The number of aromatic amines is 1. The van der Waals surface area contributed by atoms with E-state index in [4.69, 9.17) is 0 Å². The molecule has 3 aromatic rings. The van der Waals surface area contributed by atoms with Crippen LogP contribution in [0.15, 0.2) is 53.7 Å². The second-order valence-electron chi connectivity index (χ2n) is 6.19. The van der Waals surface area contributed by atoms with Crippen LogP contribution in [0.3, 0.4) is 0 Å². The number of fused-ring (bicyclic) bond motifs is 1. The summed E-state index contributed by atoms with van der Waals surface area (Å²) in [4.78, 5) is 22.2. The number of imidazole rings is 1. The third-order valence-electron chi connectivity index (χ3n) is 4.31. The first kappa shape index (κ1) is 16.1. The molecule has 4 rings (SSSR count). The molecule has 6 heteroatoms. The minimum absolute atomic E-state index is 0.0243. The number of amides is 1. The highest BCUT2D eigenvalue weighted by atomic mass is 32.2. The van der Waals surface area contributed by atoms with Gasteiger partial charge in [0.25, 0.3) is 0 Å². The quantitative estimate of drug-likeness (QED) is 0.680. The molecular formula is C19H18FN3OS. The lowest BCUT2D eigenvalue weighted by molar-refractivity contribution is -0.129. The molecule has 0 bridgehead atoms. The maximum absolute atomic E-state index is 13.9. The number of hydrogen-bond donors (Lipinski definition) is 1. The monoisotopic (exact) mass is 355 g/mol. The number of carbonyl (C=O) groups excluding carboxylic acids is 1. The number of carbonyl (C=O) groups is 1. The fraction of sp³-hybridized carbons (Fsp3) is 0.263. The molecular weight excluding hydrogens is 337 g/mol. The van der Waals surface area contributed by atoms with Crippen molar-refractivity contribution in [2.75, 3.05) is 5.75 Å². The average Bonchev–Trinajstić information content (AvgIpc) is 3.37. The van der Waals surface area contributed by atoms with Crippen molar-refractivity contribution in [2.45, 2.75) is 30.6 Å². The minimum atomic E-state index is -0.258. The van der Waals surface area contributed by atoms with Crippen molar-refractivity contribution in [3.05, 3.63) is 59.9 Å². The molecule has 1 aliphatic carbocycles. The molecule has 1 amide bonds. The second-order valence-corrected chi connectivity index (χ2v) is 7.16. The molecule has 1 saturated carbocycles. The van der Waals surface area contributed by atoms with Crippen molar-refractivity contribution in [2.24, 2.45) is 0 Å². The van der Waals surface area contributed by atoms with Gasteiger partial charge in [0.05, 0.1) is 16.8 Å². The third-order valence-corrected chi connectivity index (χ3v) is 5.16. The third kappa shape index (κ3) is 3.69. The first-order valence-electron chi connectivity index (χ1n) is 8.31. The van der Waals surface area contributed by atoms with Crippen molar-refractivity contribution < 1.29 is 9.18 Å². The van der Waals surface area contributed by atoms with Gasteiger partial charge in [-0.15, -0.1) is 0 Å². The van der Waals surface area contributed by atoms with Crippen LogP contribution in [0.5, 0.6) is 0 Å². The van der Waals surface area contributed by atoms with Crippen LogP contribution in [-0.4, -0.2) is 32.6 Å². The van der Waals surface area contributed by atoms with Gasteiger partial charge in [0.15, 0.2) is 5.16 Å². The Balaban J connectivity index is 1.43. The summed E-state index contributed by atoms with van der Waals surface area (Å²) < 4.78 is 13.9. The Morgan fingerprint density at radius 2 is 1.96 bits per heavy atom. The maximum atomic E-state index is 13.9. The van der Waals surface area contributed by atoms with Crippen LogP contribution < -0.4 is 0 Å². The number of rotatable bonds is 6. The van der Waals surface area contributed by atoms with Gasteiger partial charge in [0.1, 0.15) is 5.82 Å². The largest absolute Gasteiger partial charge is 0.335 e. The van der Waals surface area contributed by atoms with Crippen molar-refractivity contribution in [3.63, 3.8) is 0 Å². The number of nitrogens with one attached hydrogen (secondary N) is 1. The molecule has 0 unspecified atom stereocenters. The van der Waals surface area contributed by atoms with Gasteiger partial charge in [0.2, 0.25) is 5.91 Å². The zero-order valence-corrected chi connectivity index (χ0v) is 14.4. The molecule has 1 fully saturated rings. The van der Waals surface area contributed by atoms with Crippen LogP contribution in [-0.2, 0) is 11.3 Å². The van der Waals surface area contributed by atoms with Gasteiger partial charge < -0.3 is 9.88 Å². The van der Waals surface area contributed by atoms with Crippen molar-refractivity contribution in [3.8, 4) is 0 Å². The van der Waals surface area contributed by atoms with Crippen LogP contribution >= 0.6 is 11.8 Å². The van der Waals surface area contributed by atoms with E-state index in [1.807, 2.05) is 24.3 Å². The topological polar surface area (TPSA) is 49.0 Å². The number of H-pyrrole nitrogens is 1. The second kappa shape index (κ2) is 6.88. The molecule has 1 aliphatic rings. The molecule has 25 heavy (non-hydrogen) atoms. The Bertz CT molecular complexity index is 873. The molecule has 2 aromatic carbocycles. The Labute approximate surface area is 149 Å². The van der Waals surface area contributed by atoms with Crippen LogP contribution in [0.4, 0.5) is 4.39 Å². The van der Waals surface area contributed by atoms with Crippen LogP contribution in [0.25, 0.3) is 11.0 Å². The summed E-state index contributed by atoms with van der Waals surface area (Å²) in [5.41, 5.74) is 2.42. The van der Waals surface area contributed by atoms with Crippen LogP contribution in [0.2, 0.25) is 0 Å². The normalized spacial score (nSPS) is 14.0. The lowest BCUT2D eigenvalue weighted by Crippen LogP contribution is -2.34. The number of halogens is 1. The molecule has 128 valence electrons. The first-order chi connectivity index (χ1) is 12.2. The van der Waals surface area contributed by atoms with Gasteiger partial charge >= 0.3 is 0 Å². The number of benzene rings is 2. The van der Waals surface area contributed by atoms with E-state index in [0.29, 0.717) is 17.9 Å². The van der Waals surface area contributed by atoms with Crippen molar-refractivity contribution in [1.29, 1.82) is 0 Å². The van der Waals surface area contributed by atoms with E-state index in [1.54, 1.807) is 23.1 Å². The number of para-hydroxylation sites is 2. The van der Waals surface area contributed by atoms with Gasteiger partial charge in [-0.1, -0.05) is 42.1 Å². The molecule has 0 atom stereocenters. The van der Waals surface area contributed by atoms with Gasteiger partial charge in [-0.3, -0.25) is 4.79 Å². The fourth-order valence-electron chi connectivity index (χ4n) is 2.83. The van der Waals surface area contributed by atoms with Gasteiger partial charge in [0, 0.05) is 18.2 Å². The van der Waals surface area contributed by atoms with Crippen LogP contribution in [0.1, 0.15) is 18.4 Å². The highest BCUT2D eigenvalue weighted by Crippen LogP contribution is 2.30. The first-order valence-corrected chi connectivity index (χ1v) is 9.30. The fourth-order valence-corrected chi connectivity index (χ4v) is 3.60. The predicted octanol–water partition coefficient (Wildman–Crippen LogP) is 3.99. The Morgan fingerprint density at radius 1 is 1.20 bits per heavy atom. The molecule has 0 radical (unpaired) electrons. The summed E-state index contributed by atoms with van der Waals surface area (Å²) in [5, 5.41) is 0.733.